The number of nitriles is 1. The predicted octanol–water partition coefficient (Wildman–Crippen LogP) is 4.04. The molecule has 0 aliphatic heterocycles. The van der Waals surface area contributed by atoms with E-state index in [-0.39, 0.29) is 0 Å². The van der Waals surface area contributed by atoms with Crippen LogP contribution in [-0.2, 0) is 6.42 Å². The summed E-state index contributed by atoms with van der Waals surface area (Å²) in [4.78, 5) is 0. The van der Waals surface area contributed by atoms with E-state index in [4.69, 9.17) is 10.00 Å². The Morgan fingerprint density at radius 1 is 1.22 bits per heavy atom. The van der Waals surface area contributed by atoms with Crippen molar-refractivity contribution in [2.75, 3.05) is 7.11 Å². The normalized spacial score (nSPS) is 10.6. The number of benzene rings is 2. The van der Waals surface area contributed by atoms with E-state index >= 15 is 0 Å². The topological polar surface area (TPSA) is 33.0 Å². The van der Waals surface area contributed by atoms with Gasteiger partial charge in [0.05, 0.1) is 19.6 Å². The van der Waals surface area contributed by atoms with E-state index in [2.05, 4.69) is 44.2 Å². The van der Waals surface area contributed by atoms with Crippen LogP contribution < -0.4 is 4.74 Å². The first-order chi connectivity index (χ1) is 8.67. The van der Waals surface area contributed by atoms with Crippen LogP contribution in [0.3, 0.4) is 0 Å². The molecule has 0 aromatic heterocycles. The van der Waals surface area contributed by atoms with Crippen molar-refractivity contribution in [3.8, 4) is 11.8 Å². The lowest BCUT2D eigenvalue weighted by Crippen LogP contribution is -1.94. The molecule has 2 nitrogen and oxygen atoms in total. The molecular formula is C16H17NO. The van der Waals surface area contributed by atoms with Crippen molar-refractivity contribution in [3.63, 3.8) is 0 Å². The first-order valence-electron chi connectivity index (χ1n) is 6.14. The molecule has 0 saturated heterocycles. The summed E-state index contributed by atoms with van der Waals surface area (Å²) in [5, 5.41) is 11.2. The van der Waals surface area contributed by atoms with Crippen LogP contribution in [0.15, 0.2) is 30.3 Å². The molecule has 92 valence electrons. The van der Waals surface area contributed by atoms with E-state index < -0.39 is 0 Å². The van der Waals surface area contributed by atoms with E-state index in [1.807, 2.05) is 6.07 Å². The summed E-state index contributed by atoms with van der Waals surface area (Å²) in [6.45, 7) is 4.36. The molecule has 0 heterocycles. The van der Waals surface area contributed by atoms with Crippen molar-refractivity contribution in [2.45, 2.75) is 26.2 Å². The van der Waals surface area contributed by atoms with Crippen LogP contribution in [0, 0.1) is 11.3 Å². The standard InChI is InChI=1S/C16H17NO/c1-11(2)12-4-6-14-13(10-12)5-7-16(18-3)15(14)8-9-17/h4-7,10-11H,8H2,1-3H3. The molecule has 0 N–H and O–H groups in total. The monoisotopic (exact) mass is 239 g/mol. The zero-order chi connectivity index (χ0) is 13.1. The van der Waals surface area contributed by atoms with Crippen LogP contribution in [0.25, 0.3) is 10.8 Å². The molecule has 0 bridgehead atoms. The maximum atomic E-state index is 8.94. The molecular weight excluding hydrogens is 222 g/mol. The average molecular weight is 239 g/mol. The van der Waals surface area contributed by atoms with E-state index in [0.717, 1.165) is 16.7 Å². The van der Waals surface area contributed by atoms with Gasteiger partial charge in [-0.15, -0.1) is 0 Å². The number of ether oxygens (including phenoxy) is 1. The second kappa shape index (κ2) is 5.10. The lowest BCUT2D eigenvalue weighted by atomic mass is 9.95. The minimum Gasteiger partial charge on any atom is -0.496 e. The van der Waals surface area contributed by atoms with Gasteiger partial charge in [0.25, 0.3) is 0 Å². The van der Waals surface area contributed by atoms with Gasteiger partial charge < -0.3 is 4.74 Å². The van der Waals surface area contributed by atoms with Crippen molar-refractivity contribution in [3.05, 3.63) is 41.5 Å². The first-order valence-corrected chi connectivity index (χ1v) is 6.14. The fourth-order valence-electron chi connectivity index (χ4n) is 2.20. The van der Waals surface area contributed by atoms with Gasteiger partial charge in [0, 0.05) is 5.56 Å². The Hall–Kier alpha value is -2.01. The smallest absolute Gasteiger partial charge is 0.123 e. The minimum atomic E-state index is 0.377. The molecule has 0 aliphatic carbocycles. The Labute approximate surface area is 108 Å². The molecule has 0 radical (unpaired) electrons. The Kier molecular flexibility index (Phi) is 3.53. The molecule has 2 rings (SSSR count). The van der Waals surface area contributed by atoms with Crippen LogP contribution in [-0.4, -0.2) is 7.11 Å². The molecule has 2 heteroatoms. The van der Waals surface area contributed by atoms with Gasteiger partial charge in [-0.1, -0.05) is 38.1 Å². The van der Waals surface area contributed by atoms with E-state index in [1.165, 1.54) is 10.9 Å². The quantitative estimate of drug-likeness (QED) is 0.809. The Morgan fingerprint density at radius 2 is 2.00 bits per heavy atom. The molecule has 2 aromatic carbocycles. The number of hydrogen-bond acceptors (Lipinski definition) is 2. The van der Waals surface area contributed by atoms with Gasteiger partial charge in [-0.3, -0.25) is 0 Å². The highest BCUT2D eigenvalue weighted by atomic mass is 16.5. The van der Waals surface area contributed by atoms with Crippen molar-refractivity contribution in [2.24, 2.45) is 0 Å². The number of rotatable bonds is 3. The molecule has 0 atom stereocenters. The summed E-state index contributed by atoms with van der Waals surface area (Å²) in [7, 11) is 1.64. The summed E-state index contributed by atoms with van der Waals surface area (Å²) in [6.07, 6.45) is 0.377. The highest BCUT2D eigenvalue weighted by molar-refractivity contribution is 5.88. The third-order valence-electron chi connectivity index (χ3n) is 3.25. The SMILES string of the molecule is COc1ccc2cc(C(C)C)ccc2c1CC#N. The molecule has 0 fully saturated rings. The lowest BCUT2D eigenvalue weighted by Gasteiger charge is -2.12. The maximum absolute atomic E-state index is 8.94. The second-order valence-corrected chi connectivity index (χ2v) is 4.72. The Bertz CT molecular complexity index is 608. The van der Waals surface area contributed by atoms with Gasteiger partial charge in [0.15, 0.2) is 0 Å². The summed E-state index contributed by atoms with van der Waals surface area (Å²) in [5.74, 6) is 1.30. The fraction of sp³-hybridized carbons (Fsp3) is 0.312. The molecule has 0 aliphatic rings. The first kappa shape index (κ1) is 12.4. The third kappa shape index (κ3) is 2.17. The molecule has 0 saturated carbocycles. The Morgan fingerprint density at radius 3 is 2.61 bits per heavy atom. The van der Waals surface area contributed by atoms with Crippen molar-refractivity contribution in [1.29, 1.82) is 5.26 Å². The second-order valence-electron chi connectivity index (χ2n) is 4.72. The average Bonchev–Trinajstić information content (AvgIpc) is 2.38. The molecule has 0 spiro atoms. The van der Waals surface area contributed by atoms with Crippen molar-refractivity contribution >= 4 is 10.8 Å². The Balaban J connectivity index is 2.67. The van der Waals surface area contributed by atoms with E-state index in [1.54, 1.807) is 7.11 Å². The number of hydrogen-bond donors (Lipinski definition) is 0. The summed E-state index contributed by atoms with van der Waals surface area (Å²) in [6, 6.07) is 12.6. The van der Waals surface area contributed by atoms with E-state index in [0.29, 0.717) is 12.3 Å². The molecule has 0 amide bonds. The van der Waals surface area contributed by atoms with Gasteiger partial charge in [0.2, 0.25) is 0 Å². The van der Waals surface area contributed by atoms with Crippen LogP contribution in [0.5, 0.6) is 5.75 Å². The van der Waals surface area contributed by atoms with Gasteiger partial charge in [-0.25, -0.2) is 0 Å². The summed E-state index contributed by atoms with van der Waals surface area (Å²) in [5.41, 5.74) is 2.29. The predicted molar refractivity (Wildman–Crippen MR) is 73.9 cm³/mol. The number of nitrogens with zero attached hydrogens (tertiary/aromatic N) is 1. The van der Waals surface area contributed by atoms with Gasteiger partial charge >= 0.3 is 0 Å². The molecule has 2 aromatic rings. The van der Waals surface area contributed by atoms with E-state index in [9.17, 15) is 0 Å². The zero-order valence-corrected chi connectivity index (χ0v) is 11.0. The van der Waals surface area contributed by atoms with Gasteiger partial charge in [-0.05, 0) is 28.3 Å². The highest BCUT2D eigenvalue weighted by Gasteiger charge is 2.09. The van der Waals surface area contributed by atoms with Crippen LogP contribution in [0.4, 0.5) is 0 Å². The number of methoxy groups -OCH3 is 1. The van der Waals surface area contributed by atoms with Gasteiger partial charge in [0.1, 0.15) is 5.75 Å². The van der Waals surface area contributed by atoms with Crippen molar-refractivity contribution in [1.82, 2.24) is 0 Å². The van der Waals surface area contributed by atoms with Crippen LogP contribution in [0.1, 0.15) is 30.9 Å². The molecule has 0 unspecified atom stereocenters. The van der Waals surface area contributed by atoms with Gasteiger partial charge in [-0.2, -0.15) is 5.26 Å². The summed E-state index contributed by atoms with van der Waals surface area (Å²) >= 11 is 0. The lowest BCUT2D eigenvalue weighted by molar-refractivity contribution is 0.411. The summed E-state index contributed by atoms with van der Waals surface area (Å²) < 4.78 is 5.33. The third-order valence-corrected chi connectivity index (χ3v) is 3.25. The minimum absolute atomic E-state index is 0.377. The fourth-order valence-corrected chi connectivity index (χ4v) is 2.20. The van der Waals surface area contributed by atoms with Crippen molar-refractivity contribution < 1.29 is 4.74 Å². The largest absolute Gasteiger partial charge is 0.496 e. The molecule has 18 heavy (non-hydrogen) atoms. The number of fused-ring (bicyclic) bond motifs is 1. The zero-order valence-electron chi connectivity index (χ0n) is 11.0. The highest BCUT2D eigenvalue weighted by Crippen LogP contribution is 2.30. The maximum Gasteiger partial charge on any atom is 0.123 e. The van der Waals surface area contributed by atoms with Crippen LogP contribution >= 0.6 is 0 Å². The van der Waals surface area contributed by atoms with Crippen LogP contribution in [0.2, 0.25) is 0 Å².